The lowest BCUT2D eigenvalue weighted by molar-refractivity contribution is 0.0514. The Morgan fingerprint density at radius 2 is 2.28 bits per heavy atom. The normalized spacial score (nSPS) is 30.1. The van der Waals surface area contributed by atoms with Gasteiger partial charge in [-0.15, -0.1) is 0 Å². The fraction of sp³-hybridized carbons (Fsp3) is 0.643. The van der Waals surface area contributed by atoms with Gasteiger partial charge in [0.1, 0.15) is 0 Å². The van der Waals surface area contributed by atoms with Crippen LogP contribution in [0.4, 0.5) is 0 Å². The van der Waals surface area contributed by atoms with Gasteiger partial charge < -0.3 is 9.64 Å². The Bertz CT molecular complexity index is 384. The zero-order chi connectivity index (χ0) is 12.4. The summed E-state index contributed by atoms with van der Waals surface area (Å²) in [6.07, 6.45) is 2.28. The van der Waals surface area contributed by atoms with E-state index < -0.39 is 0 Å². The van der Waals surface area contributed by atoms with Crippen molar-refractivity contribution in [3.05, 3.63) is 30.1 Å². The van der Waals surface area contributed by atoms with E-state index in [0.29, 0.717) is 12.0 Å². The average molecular weight is 247 g/mol. The zero-order valence-electron chi connectivity index (χ0n) is 11.0. The largest absolute Gasteiger partial charge is 0.375 e. The summed E-state index contributed by atoms with van der Waals surface area (Å²) in [7, 11) is 2.19. The molecule has 0 bridgehead atoms. The summed E-state index contributed by atoms with van der Waals surface area (Å²) < 4.78 is 5.96. The SMILES string of the molecule is CN1CCO[C@@H]2CN(Cc3ccccn3)C[C@@H]2C1. The van der Waals surface area contributed by atoms with Gasteiger partial charge in [0, 0.05) is 44.8 Å². The highest BCUT2D eigenvalue weighted by molar-refractivity contribution is 5.04. The number of hydrogen-bond acceptors (Lipinski definition) is 4. The molecule has 0 radical (unpaired) electrons. The van der Waals surface area contributed by atoms with Crippen LogP contribution in [0.25, 0.3) is 0 Å². The summed E-state index contributed by atoms with van der Waals surface area (Å²) in [6.45, 7) is 6.22. The van der Waals surface area contributed by atoms with Crippen molar-refractivity contribution in [1.29, 1.82) is 0 Å². The maximum Gasteiger partial charge on any atom is 0.0755 e. The number of aromatic nitrogens is 1. The fourth-order valence-electron chi connectivity index (χ4n) is 2.99. The average Bonchev–Trinajstić information content (AvgIpc) is 2.64. The molecule has 2 aliphatic heterocycles. The number of nitrogens with zero attached hydrogens (tertiary/aromatic N) is 3. The van der Waals surface area contributed by atoms with Crippen LogP contribution in [0.1, 0.15) is 5.69 Å². The molecule has 2 atom stereocenters. The second kappa shape index (κ2) is 5.34. The monoisotopic (exact) mass is 247 g/mol. The highest BCUT2D eigenvalue weighted by atomic mass is 16.5. The zero-order valence-corrected chi connectivity index (χ0v) is 11.0. The van der Waals surface area contributed by atoms with Crippen molar-refractivity contribution in [3.8, 4) is 0 Å². The van der Waals surface area contributed by atoms with E-state index >= 15 is 0 Å². The Morgan fingerprint density at radius 3 is 3.11 bits per heavy atom. The van der Waals surface area contributed by atoms with Crippen LogP contribution in [-0.4, -0.2) is 60.7 Å². The lowest BCUT2D eigenvalue weighted by atomic mass is 10.1. The van der Waals surface area contributed by atoms with Crippen molar-refractivity contribution in [2.75, 3.05) is 39.8 Å². The number of fused-ring (bicyclic) bond motifs is 1. The molecule has 0 amide bonds. The van der Waals surface area contributed by atoms with Crippen molar-refractivity contribution >= 4 is 0 Å². The molecule has 0 N–H and O–H groups in total. The van der Waals surface area contributed by atoms with Gasteiger partial charge in [-0.3, -0.25) is 9.88 Å². The fourth-order valence-corrected chi connectivity index (χ4v) is 2.99. The van der Waals surface area contributed by atoms with Gasteiger partial charge in [-0.25, -0.2) is 0 Å². The van der Waals surface area contributed by atoms with E-state index in [2.05, 4.69) is 34.0 Å². The molecule has 3 heterocycles. The molecular weight excluding hydrogens is 226 g/mol. The minimum absolute atomic E-state index is 0.415. The first-order chi connectivity index (χ1) is 8.81. The van der Waals surface area contributed by atoms with Crippen LogP contribution >= 0.6 is 0 Å². The predicted octanol–water partition coefficient (Wildman–Crippen LogP) is 0.844. The van der Waals surface area contributed by atoms with E-state index in [9.17, 15) is 0 Å². The Balaban J connectivity index is 1.61. The van der Waals surface area contributed by atoms with E-state index in [4.69, 9.17) is 4.74 Å². The Kier molecular flexibility index (Phi) is 3.59. The summed E-state index contributed by atoms with van der Waals surface area (Å²) in [5, 5.41) is 0. The molecule has 3 rings (SSSR count). The van der Waals surface area contributed by atoms with Gasteiger partial charge in [-0.2, -0.15) is 0 Å². The molecule has 1 aromatic rings. The van der Waals surface area contributed by atoms with Gasteiger partial charge in [-0.05, 0) is 19.2 Å². The first-order valence-electron chi connectivity index (χ1n) is 6.73. The molecule has 2 saturated heterocycles. The van der Waals surface area contributed by atoms with E-state index in [0.717, 1.165) is 45.0 Å². The van der Waals surface area contributed by atoms with Crippen molar-refractivity contribution in [2.45, 2.75) is 12.6 Å². The molecule has 4 nitrogen and oxygen atoms in total. The van der Waals surface area contributed by atoms with E-state index in [-0.39, 0.29) is 0 Å². The topological polar surface area (TPSA) is 28.6 Å². The van der Waals surface area contributed by atoms with Crippen LogP contribution < -0.4 is 0 Å². The van der Waals surface area contributed by atoms with E-state index in [1.807, 2.05) is 12.3 Å². The van der Waals surface area contributed by atoms with Gasteiger partial charge in [0.25, 0.3) is 0 Å². The summed E-state index contributed by atoms with van der Waals surface area (Å²) in [5.41, 5.74) is 1.15. The lowest BCUT2D eigenvalue weighted by Crippen LogP contribution is -2.29. The maximum atomic E-state index is 5.96. The molecule has 18 heavy (non-hydrogen) atoms. The van der Waals surface area contributed by atoms with Crippen LogP contribution in [0, 0.1) is 5.92 Å². The quantitative estimate of drug-likeness (QED) is 0.774. The molecule has 98 valence electrons. The third kappa shape index (κ3) is 2.71. The van der Waals surface area contributed by atoms with Gasteiger partial charge in [0.05, 0.1) is 18.4 Å². The standard InChI is InChI=1S/C14H21N3O/c1-16-6-7-18-14-11-17(9-12(14)8-16)10-13-4-2-3-5-15-13/h2-5,12,14H,6-11H2,1H3/t12-,14+/m0/s1. The van der Waals surface area contributed by atoms with Crippen molar-refractivity contribution in [3.63, 3.8) is 0 Å². The molecule has 2 fully saturated rings. The highest BCUT2D eigenvalue weighted by Gasteiger charge is 2.35. The Morgan fingerprint density at radius 1 is 1.33 bits per heavy atom. The van der Waals surface area contributed by atoms with Crippen LogP contribution in [0.3, 0.4) is 0 Å². The first-order valence-corrected chi connectivity index (χ1v) is 6.73. The van der Waals surface area contributed by atoms with Crippen LogP contribution in [0.15, 0.2) is 24.4 Å². The maximum absolute atomic E-state index is 5.96. The summed E-state index contributed by atoms with van der Waals surface area (Å²) in [5.74, 6) is 0.654. The minimum atomic E-state index is 0.415. The van der Waals surface area contributed by atoms with E-state index in [1.165, 1.54) is 0 Å². The predicted molar refractivity (Wildman–Crippen MR) is 70.2 cm³/mol. The van der Waals surface area contributed by atoms with Crippen LogP contribution in [0.5, 0.6) is 0 Å². The Hall–Kier alpha value is -0.970. The van der Waals surface area contributed by atoms with Crippen molar-refractivity contribution in [1.82, 2.24) is 14.8 Å². The molecule has 1 aromatic heterocycles. The Labute approximate surface area is 109 Å². The van der Waals surface area contributed by atoms with Gasteiger partial charge in [-0.1, -0.05) is 6.07 Å². The minimum Gasteiger partial charge on any atom is -0.375 e. The lowest BCUT2D eigenvalue weighted by Gasteiger charge is -2.18. The van der Waals surface area contributed by atoms with Gasteiger partial charge >= 0.3 is 0 Å². The van der Waals surface area contributed by atoms with Crippen LogP contribution in [-0.2, 0) is 11.3 Å². The smallest absolute Gasteiger partial charge is 0.0755 e. The number of likely N-dealkylation sites (tertiary alicyclic amines) is 1. The van der Waals surface area contributed by atoms with Crippen LogP contribution in [0.2, 0.25) is 0 Å². The second-order valence-corrected chi connectivity index (χ2v) is 5.45. The summed E-state index contributed by atoms with van der Waals surface area (Å²) >= 11 is 0. The molecule has 4 heteroatoms. The highest BCUT2D eigenvalue weighted by Crippen LogP contribution is 2.24. The molecule has 0 aliphatic carbocycles. The molecule has 0 unspecified atom stereocenters. The number of likely N-dealkylation sites (N-methyl/N-ethyl adjacent to an activating group) is 1. The molecule has 0 aromatic carbocycles. The number of rotatable bonds is 2. The van der Waals surface area contributed by atoms with Gasteiger partial charge in [0.15, 0.2) is 0 Å². The van der Waals surface area contributed by atoms with Gasteiger partial charge in [0.2, 0.25) is 0 Å². The third-order valence-electron chi connectivity index (χ3n) is 3.92. The van der Waals surface area contributed by atoms with Crippen molar-refractivity contribution in [2.24, 2.45) is 5.92 Å². The summed E-state index contributed by atoms with van der Waals surface area (Å²) in [4.78, 5) is 9.25. The summed E-state index contributed by atoms with van der Waals surface area (Å²) in [6, 6.07) is 6.12. The molecule has 0 spiro atoms. The first kappa shape index (κ1) is 12.1. The number of pyridine rings is 1. The third-order valence-corrected chi connectivity index (χ3v) is 3.92. The number of hydrogen-bond donors (Lipinski definition) is 0. The number of ether oxygens (including phenoxy) is 1. The van der Waals surface area contributed by atoms with Crippen molar-refractivity contribution < 1.29 is 4.74 Å². The molecule has 2 aliphatic rings. The molecule has 0 saturated carbocycles. The molecular formula is C14H21N3O. The van der Waals surface area contributed by atoms with E-state index in [1.54, 1.807) is 0 Å². The second-order valence-electron chi connectivity index (χ2n) is 5.45.